The minimum absolute atomic E-state index is 0.0833. The van der Waals surface area contributed by atoms with Crippen LogP contribution >= 0.6 is 11.8 Å². The molecule has 2 amide bonds. The number of aryl methyl sites for hydroxylation is 1. The molecule has 0 aromatic heterocycles. The molecule has 1 heterocycles. The zero-order valence-electron chi connectivity index (χ0n) is 13.4. The molecule has 1 saturated carbocycles. The van der Waals surface area contributed by atoms with Crippen molar-refractivity contribution in [1.82, 2.24) is 10.2 Å². The van der Waals surface area contributed by atoms with Gasteiger partial charge in [-0.05, 0) is 49.4 Å². The molecule has 128 valence electrons. The quantitative estimate of drug-likeness (QED) is 0.846. The number of nitrogens with zero attached hydrogens (tertiary/aromatic N) is 1. The topological polar surface area (TPSA) is 86.7 Å². The van der Waals surface area contributed by atoms with Gasteiger partial charge in [-0.2, -0.15) is 0 Å². The van der Waals surface area contributed by atoms with Crippen LogP contribution in [0.3, 0.4) is 0 Å². The number of amides is 2. The Labute approximate surface area is 144 Å². The average Bonchev–Trinajstić information content (AvgIpc) is 3.25. The Morgan fingerprint density at radius 1 is 1.25 bits per heavy atom. The van der Waals surface area contributed by atoms with Gasteiger partial charge < -0.3 is 15.3 Å². The van der Waals surface area contributed by atoms with E-state index in [1.165, 1.54) is 28.8 Å². The van der Waals surface area contributed by atoms with Crippen molar-refractivity contribution in [3.63, 3.8) is 0 Å². The summed E-state index contributed by atoms with van der Waals surface area (Å²) >= 11 is 1.53. The number of thioether (sulfide) groups is 1. The van der Waals surface area contributed by atoms with Crippen molar-refractivity contribution >= 4 is 29.5 Å². The summed E-state index contributed by atoms with van der Waals surface area (Å²) in [5, 5.41) is 12.1. The first-order valence-electron chi connectivity index (χ1n) is 7.97. The van der Waals surface area contributed by atoms with Crippen LogP contribution in [0.1, 0.15) is 39.1 Å². The maximum absolute atomic E-state index is 12.8. The normalized spacial score (nSPS) is 20.0. The van der Waals surface area contributed by atoms with Crippen molar-refractivity contribution in [1.29, 1.82) is 0 Å². The summed E-state index contributed by atoms with van der Waals surface area (Å²) in [6, 6.07) is 4.07. The summed E-state index contributed by atoms with van der Waals surface area (Å²) in [4.78, 5) is 37.9. The van der Waals surface area contributed by atoms with Crippen LogP contribution < -0.4 is 5.32 Å². The predicted molar refractivity (Wildman–Crippen MR) is 91.2 cm³/mol. The third-order valence-electron chi connectivity index (χ3n) is 4.28. The van der Waals surface area contributed by atoms with Crippen LogP contribution in [0, 0.1) is 12.8 Å². The summed E-state index contributed by atoms with van der Waals surface area (Å²) in [6.45, 7) is 2.43. The molecule has 1 aliphatic carbocycles. The van der Waals surface area contributed by atoms with E-state index in [-0.39, 0.29) is 17.4 Å². The molecule has 0 spiro atoms. The van der Waals surface area contributed by atoms with Gasteiger partial charge in [0.05, 0.1) is 11.4 Å². The van der Waals surface area contributed by atoms with Gasteiger partial charge in [0.1, 0.15) is 6.04 Å². The molecule has 1 atom stereocenters. The molecular weight excluding hydrogens is 328 g/mol. The van der Waals surface area contributed by atoms with Crippen LogP contribution in [-0.2, 0) is 4.79 Å². The van der Waals surface area contributed by atoms with Crippen molar-refractivity contribution in [3.8, 4) is 0 Å². The van der Waals surface area contributed by atoms with Crippen LogP contribution in [0.5, 0.6) is 0 Å². The summed E-state index contributed by atoms with van der Waals surface area (Å²) in [5.74, 6) is 0.116. The van der Waals surface area contributed by atoms with E-state index < -0.39 is 12.0 Å². The van der Waals surface area contributed by atoms with Crippen LogP contribution in [0.15, 0.2) is 18.2 Å². The van der Waals surface area contributed by atoms with Crippen LogP contribution in [-0.4, -0.2) is 52.0 Å². The Bertz CT molecular complexity index is 687. The van der Waals surface area contributed by atoms with Crippen LogP contribution in [0.4, 0.5) is 0 Å². The maximum atomic E-state index is 12.8. The van der Waals surface area contributed by atoms with E-state index in [4.69, 9.17) is 5.11 Å². The standard InChI is InChI=1S/C17H20N2O4S/c1-10-4-12(6-13(5-10)17(22)23)16(21)19-9-24-8-14(19)15(20)18-7-11-2-3-11/h4-6,11,14H,2-3,7-9H2,1H3,(H,18,20)(H,22,23). The molecule has 3 rings (SSSR count). The predicted octanol–water partition coefficient (Wildman–Crippen LogP) is 1.73. The van der Waals surface area contributed by atoms with E-state index in [0.29, 0.717) is 35.2 Å². The number of hydrogen-bond acceptors (Lipinski definition) is 4. The maximum Gasteiger partial charge on any atom is 0.335 e. The molecule has 24 heavy (non-hydrogen) atoms. The molecule has 0 bridgehead atoms. The lowest BCUT2D eigenvalue weighted by molar-refractivity contribution is -0.124. The number of carbonyl (C=O) groups excluding carboxylic acids is 2. The third-order valence-corrected chi connectivity index (χ3v) is 5.29. The molecule has 2 aliphatic rings. The second-order valence-corrected chi connectivity index (χ2v) is 7.37. The highest BCUT2D eigenvalue weighted by molar-refractivity contribution is 7.99. The first kappa shape index (κ1) is 16.8. The number of carboxylic acid groups (broad SMARTS) is 1. The van der Waals surface area contributed by atoms with E-state index in [1.54, 1.807) is 13.0 Å². The van der Waals surface area contributed by atoms with E-state index in [9.17, 15) is 14.4 Å². The summed E-state index contributed by atoms with van der Waals surface area (Å²) in [5.41, 5.74) is 1.11. The van der Waals surface area contributed by atoms with Gasteiger partial charge in [0.2, 0.25) is 5.91 Å². The molecular formula is C17H20N2O4S. The van der Waals surface area contributed by atoms with Gasteiger partial charge >= 0.3 is 5.97 Å². The first-order valence-corrected chi connectivity index (χ1v) is 9.12. The van der Waals surface area contributed by atoms with Crippen molar-refractivity contribution in [3.05, 3.63) is 34.9 Å². The average molecular weight is 348 g/mol. The van der Waals surface area contributed by atoms with E-state index in [2.05, 4.69) is 5.32 Å². The Hall–Kier alpha value is -2.02. The monoisotopic (exact) mass is 348 g/mol. The van der Waals surface area contributed by atoms with E-state index in [0.717, 1.165) is 12.8 Å². The summed E-state index contributed by atoms with van der Waals surface area (Å²) in [7, 11) is 0. The second-order valence-electron chi connectivity index (χ2n) is 6.37. The number of carboxylic acids is 1. The van der Waals surface area contributed by atoms with Gasteiger partial charge in [-0.15, -0.1) is 11.8 Å². The molecule has 1 aromatic rings. The number of aromatic carboxylic acids is 1. The number of benzene rings is 1. The first-order chi connectivity index (χ1) is 11.5. The number of nitrogens with one attached hydrogen (secondary N) is 1. The minimum atomic E-state index is -1.07. The van der Waals surface area contributed by atoms with Gasteiger partial charge in [0, 0.05) is 17.9 Å². The highest BCUT2D eigenvalue weighted by Gasteiger charge is 2.36. The smallest absolute Gasteiger partial charge is 0.335 e. The fourth-order valence-corrected chi connectivity index (χ4v) is 3.89. The van der Waals surface area contributed by atoms with Gasteiger partial charge in [-0.25, -0.2) is 4.79 Å². The molecule has 1 aromatic carbocycles. The molecule has 1 saturated heterocycles. The Morgan fingerprint density at radius 2 is 1.96 bits per heavy atom. The molecule has 2 N–H and O–H groups in total. The van der Waals surface area contributed by atoms with Crippen LogP contribution in [0.25, 0.3) is 0 Å². The highest BCUT2D eigenvalue weighted by Crippen LogP contribution is 2.28. The molecule has 7 heteroatoms. The lowest BCUT2D eigenvalue weighted by atomic mass is 10.0. The van der Waals surface area contributed by atoms with Crippen molar-refractivity contribution in [2.75, 3.05) is 18.2 Å². The molecule has 1 unspecified atom stereocenters. The van der Waals surface area contributed by atoms with Crippen molar-refractivity contribution in [2.45, 2.75) is 25.8 Å². The minimum Gasteiger partial charge on any atom is -0.478 e. The van der Waals surface area contributed by atoms with Gasteiger partial charge in [-0.1, -0.05) is 0 Å². The number of carbonyl (C=O) groups is 3. The van der Waals surface area contributed by atoms with Crippen molar-refractivity contribution < 1.29 is 19.5 Å². The third kappa shape index (κ3) is 3.72. The lowest BCUT2D eigenvalue weighted by Gasteiger charge is -2.23. The van der Waals surface area contributed by atoms with Crippen molar-refractivity contribution in [2.24, 2.45) is 5.92 Å². The second kappa shape index (κ2) is 6.84. The molecule has 0 radical (unpaired) electrons. The lowest BCUT2D eigenvalue weighted by Crippen LogP contribution is -2.47. The fourth-order valence-electron chi connectivity index (χ4n) is 2.74. The van der Waals surface area contributed by atoms with E-state index in [1.807, 2.05) is 0 Å². The Morgan fingerprint density at radius 3 is 2.62 bits per heavy atom. The summed E-state index contributed by atoms with van der Waals surface area (Å²) < 4.78 is 0. The molecule has 2 fully saturated rings. The van der Waals surface area contributed by atoms with Crippen LogP contribution in [0.2, 0.25) is 0 Å². The fraction of sp³-hybridized carbons (Fsp3) is 0.471. The summed E-state index contributed by atoms with van der Waals surface area (Å²) in [6.07, 6.45) is 2.31. The zero-order valence-corrected chi connectivity index (χ0v) is 14.3. The number of rotatable bonds is 5. The van der Waals surface area contributed by atoms with Gasteiger partial charge in [0.25, 0.3) is 5.91 Å². The van der Waals surface area contributed by atoms with Gasteiger partial charge in [-0.3, -0.25) is 9.59 Å². The molecule has 1 aliphatic heterocycles. The Balaban J connectivity index is 1.75. The largest absolute Gasteiger partial charge is 0.478 e. The van der Waals surface area contributed by atoms with Gasteiger partial charge in [0.15, 0.2) is 0 Å². The SMILES string of the molecule is Cc1cc(C(=O)O)cc(C(=O)N2CSCC2C(=O)NCC2CC2)c1. The van der Waals surface area contributed by atoms with E-state index >= 15 is 0 Å². The zero-order chi connectivity index (χ0) is 17.3. The highest BCUT2D eigenvalue weighted by atomic mass is 32.2. The Kier molecular flexibility index (Phi) is 4.80. The number of hydrogen-bond donors (Lipinski definition) is 2. The molecule has 6 nitrogen and oxygen atoms in total.